The first-order valence-electron chi connectivity index (χ1n) is 5.53. The van der Waals surface area contributed by atoms with E-state index in [-0.39, 0.29) is 19.0 Å². The van der Waals surface area contributed by atoms with E-state index in [0.29, 0.717) is 16.3 Å². The van der Waals surface area contributed by atoms with Gasteiger partial charge in [-0.2, -0.15) is 13.2 Å². The highest BCUT2D eigenvalue weighted by Crippen LogP contribution is 2.25. The zero-order chi connectivity index (χ0) is 14.5. The van der Waals surface area contributed by atoms with Gasteiger partial charge in [0.15, 0.2) is 0 Å². The number of hydrogen-bond acceptors (Lipinski definition) is 2. The molecule has 1 aromatic carbocycles. The van der Waals surface area contributed by atoms with Gasteiger partial charge in [-0.15, -0.1) is 11.6 Å². The summed E-state index contributed by atoms with van der Waals surface area (Å²) in [6.07, 6.45) is -4.27. The molecule has 108 valence electrons. The minimum Gasteiger partial charge on any atom is -0.496 e. The monoisotopic (exact) mass is 315 g/mol. The smallest absolute Gasteiger partial charge is 0.401 e. The molecule has 19 heavy (non-hydrogen) atoms. The Balaban J connectivity index is 2.86. The van der Waals surface area contributed by atoms with Crippen LogP contribution in [0.5, 0.6) is 5.75 Å². The minimum atomic E-state index is -4.27. The summed E-state index contributed by atoms with van der Waals surface area (Å²) in [5.41, 5.74) is 0.601. The van der Waals surface area contributed by atoms with Crippen molar-refractivity contribution in [3.05, 3.63) is 28.8 Å². The number of methoxy groups -OCH3 is 1. The molecule has 0 amide bonds. The number of rotatable bonds is 6. The number of alkyl halides is 4. The Bertz CT molecular complexity index is 412. The summed E-state index contributed by atoms with van der Waals surface area (Å²) in [7, 11) is 1.46. The van der Waals surface area contributed by atoms with E-state index in [1.807, 2.05) is 0 Å². The fraction of sp³-hybridized carbons (Fsp3) is 0.500. The average Bonchev–Trinajstić information content (AvgIpc) is 2.27. The molecule has 0 atom stereocenters. The first kappa shape index (κ1) is 16.4. The zero-order valence-corrected chi connectivity index (χ0v) is 11.8. The van der Waals surface area contributed by atoms with Crippen LogP contribution >= 0.6 is 23.2 Å². The third kappa shape index (κ3) is 5.89. The van der Waals surface area contributed by atoms with Gasteiger partial charge in [0, 0.05) is 29.6 Å². The van der Waals surface area contributed by atoms with Crippen LogP contribution in [0, 0.1) is 0 Å². The van der Waals surface area contributed by atoms with E-state index in [2.05, 4.69) is 0 Å². The predicted octanol–water partition coefficient (Wildman–Crippen LogP) is 3.95. The van der Waals surface area contributed by atoms with Gasteiger partial charge in [0.2, 0.25) is 0 Å². The van der Waals surface area contributed by atoms with Crippen LogP contribution in [0.3, 0.4) is 0 Å². The van der Waals surface area contributed by atoms with E-state index >= 15 is 0 Å². The average molecular weight is 316 g/mol. The largest absolute Gasteiger partial charge is 0.496 e. The standard InChI is InChI=1S/C12H14Cl2F3NO/c1-19-11-3-2-10(14)6-9(11)7-18(5-4-13)8-12(15,16)17/h2-3,6H,4-5,7-8H2,1H3. The van der Waals surface area contributed by atoms with Crippen molar-refractivity contribution < 1.29 is 17.9 Å². The van der Waals surface area contributed by atoms with Crippen LogP contribution in [-0.2, 0) is 6.54 Å². The van der Waals surface area contributed by atoms with Gasteiger partial charge in [-0.05, 0) is 18.2 Å². The molecule has 0 aliphatic carbocycles. The van der Waals surface area contributed by atoms with Crippen molar-refractivity contribution in [2.45, 2.75) is 12.7 Å². The Labute approximate surface area is 120 Å². The summed E-state index contributed by atoms with van der Waals surface area (Å²) in [4.78, 5) is 1.21. The minimum absolute atomic E-state index is 0.0793. The van der Waals surface area contributed by atoms with Crippen molar-refractivity contribution in [3.8, 4) is 5.75 Å². The van der Waals surface area contributed by atoms with E-state index in [1.54, 1.807) is 18.2 Å². The Morgan fingerprint density at radius 3 is 2.53 bits per heavy atom. The Kier molecular flexibility index (Phi) is 6.23. The molecule has 0 aliphatic heterocycles. The third-order valence-corrected chi connectivity index (χ3v) is 2.84. The maximum Gasteiger partial charge on any atom is 0.401 e. The Hall–Kier alpha value is -0.650. The molecule has 0 saturated carbocycles. The first-order valence-corrected chi connectivity index (χ1v) is 6.44. The molecule has 0 bridgehead atoms. The number of hydrogen-bond donors (Lipinski definition) is 0. The second-order valence-corrected chi connectivity index (χ2v) is 4.79. The molecule has 0 saturated heterocycles. The van der Waals surface area contributed by atoms with Gasteiger partial charge in [-0.25, -0.2) is 0 Å². The van der Waals surface area contributed by atoms with Gasteiger partial charge in [-0.3, -0.25) is 4.90 Å². The van der Waals surface area contributed by atoms with Crippen LogP contribution < -0.4 is 4.74 Å². The molecule has 1 aromatic rings. The topological polar surface area (TPSA) is 12.5 Å². The molecular weight excluding hydrogens is 302 g/mol. The lowest BCUT2D eigenvalue weighted by molar-refractivity contribution is -0.146. The highest BCUT2D eigenvalue weighted by atomic mass is 35.5. The van der Waals surface area contributed by atoms with Gasteiger partial charge in [-0.1, -0.05) is 11.6 Å². The van der Waals surface area contributed by atoms with Gasteiger partial charge < -0.3 is 4.74 Å². The van der Waals surface area contributed by atoms with E-state index in [0.717, 1.165) is 0 Å². The summed E-state index contributed by atoms with van der Waals surface area (Å²) in [5, 5.41) is 0.452. The molecule has 0 spiro atoms. The first-order chi connectivity index (χ1) is 8.85. The van der Waals surface area contributed by atoms with Crippen LogP contribution in [0.1, 0.15) is 5.56 Å². The quantitative estimate of drug-likeness (QED) is 0.737. The van der Waals surface area contributed by atoms with Crippen molar-refractivity contribution in [2.24, 2.45) is 0 Å². The molecular formula is C12H14Cl2F3NO. The summed E-state index contributed by atoms with van der Waals surface area (Å²) in [5.74, 6) is 0.630. The summed E-state index contributed by atoms with van der Waals surface area (Å²) in [6, 6.07) is 4.85. The van der Waals surface area contributed by atoms with Gasteiger partial charge in [0.25, 0.3) is 0 Å². The Morgan fingerprint density at radius 1 is 1.32 bits per heavy atom. The van der Waals surface area contributed by atoms with Crippen LogP contribution in [0.25, 0.3) is 0 Å². The number of benzene rings is 1. The maximum absolute atomic E-state index is 12.5. The molecule has 1 rings (SSSR count). The van der Waals surface area contributed by atoms with Crippen molar-refractivity contribution in [1.82, 2.24) is 4.90 Å². The van der Waals surface area contributed by atoms with Crippen LogP contribution in [0.2, 0.25) is 5.02 Å². The fourth-order valence-corrected chi connectivity index (χ4v) is 2.13. The van der Waals surface area contributed by atoms with E-state index < -0.39 is 12.7 Å². The molecule has 0 aromatic heterocycles. The van der Waals surface area contributed by atoms with Crippen molar-refractivity contribution in [3.63, 3.8) is 0 Å². The lowest BCUT2D eigenvalue weighted by atomic mass is 10.2. The molecule has 2 nitrogen and oxygen atoms in total. The van der Waals surface area contributed by atoms with Crippen LogP contribution in [0.15, 0.2) is 18.2 Å². The molecule has 0 fully saturated rings. The molecule has 0 unspecified atom stereocenters. The molecule has 0 aliphatic rings. The maximum atomic E-state index is 12.5. The molecule has 0 N–H and O–H groups in total. The summed E-state index contributed by atoms with van der Waals surface area (Å²) >= 11 is 11.4. The van der Waals surface area contributed by atoms with Crippen molar-refractivity contribution in [2.75, 3.05) is 26.1 Å². The van der Waals surface area contributed by atoms with Gasteiger partial charge in [0.1, 0.15) is 5.75 Å². The van der Waals surface area contributed by atoms with E-state index in [1.165, 1.54) is 12.0 Å². The molecule has 0 heterocycles. The summed E-state index contributed by atoms with van der Waals surface area (Å²) in [6.45, 7) is -0.803. The van der Waals surface area contributed by atoms with Crippen molar-refractivity contribution in [1.29, 1.82) is 0 Å². The number of halogens is 5. The Morgan fingerprint density at radius 2 is 2.00 bits per heavy atom. The highest BCUT2D eigenvalue weighted by Gasteiger charge is 2.30. The second kappa shape index (κ2) is 7.22. The summed E-state index contributed by atoms with van der Waals surface area (Å²) < 4.78 is 42.5. The number of ether oxygens (including phenoxy) is 1. The molecule has 7 heteroatoms. The number of nitrogens with zero attached hydrogens (tertiary/aromatic N) is 1. The van der Waals surface area contributed by atoms with Gasteiger partial charge >= 0.3 is 6.18 Å². The van der Waals surface area contributed by atoms with Crippen molar-refractivity contribution >= 4 is 23.2 Å². The highest BCUT2D eigenvalue weighted by molar-refractivity contribution is 6.30. The van der Waals surface area contributed by atoms with E-state index in [4.69, 9.17) is 27.9 Å². The van der Waals surface area contributed by atoms with Gasteiger partial charge in [0.05, 0.1) is 13.7 Å². The van der Waals surface area contributed by atoms with E-state index in [9.17, 15) is 13.2 Å². The zero-order valence-electron chi connectivity index (χ0n) is 10.3. The third-order valence-electron chi connectivity index (χ3n) is 2.44. The van der Waals surface area contributed by atoms with Crippen LogP contribution in [-0.4, -0.2) is 37.2 Å². The predicted molar refractivity (Wildman–Crippen MR) is 70.1 cm³/mol. The normalized spacial score (nSPS) is 11.9. The lowest BCUT2D eigenvalue weighted by Gasteiger charge is -2.23. The fourth-order valence-electron chi connectivity index (χ4n) is 1.70. The molecule has 0 radical (unpaired) electrons. The SMILES string of the molecule is COc1ccc(Cl)cc1CN(CCCl)CC(F)(F)F. The van der Waals surface area contributed by atoms with Crippen LogP contribution in [0.4, 0.5) is 13.2 Å². The second-order valence-electron chi connectivity index (χ2n) is 3.97. The lowest BCUT2D eigenvalue weighted by Crippen LogP contribution is -2.35.